The van der Waals surface area contributed by atoms with E-state index in [1.807, 2.05) is 0 Å². The van der Waals surface area contributed by atoms with Crippen LogP contribution in [0.4, 0.5) is 0 Å². The van der Waals surface area contributed by atoms with Gasteiger partial charge >= 0.3 is 0 Å². The van der Waals surface area contributed by atoms with Gasteiger partial charge in [-0.05, 0) is 122 Å². The van der Waals surface area contributed by atoms with E-state index in [4.69, 9.17) is 0 Å². The highest BCUT2D eigenvalue weighted by Gasteiger charge is 2.64. The Kier molecular flexibility index (Phi) is 4.63. The lowest BCUT2D eigenvalue weighted by Crippen LogP contribution is -2.30. The van der Waals surface area contributed by atoms with Crippen LogP contribution in [0.5, 0.6) is 0 Å². The van der Waals surface area contributed by atoms with Gasteiger partial charge in [0.2, 0.25) is 0 Å². The summed E-state index contributed by atoms with van der Waals surface area (Å²) in [6.07, 6.45) is 15.6. The molecule has 6 aliphatic rings. The molecule has 168 valence electrons. The maximum Gasteiger partial charge on any atom is -0.0146 e. The van der Waals surface area contributed by atoms with Crippen molar-refractivity contribution in [2.75, 3.05) is 0 Å². The van der Waals surface area contributed by atoms with Gasteiger partial charge in [-0.2, -0.15) is 0 Å². The molecule has 6 rings (SSSR count). The Morgan fingerprint density at radius 3 is 2.00 bits per heavy atom. The van der Waals surface area contributed by atoms with Crippen LogP contribution < -0.4 is 0 Å². The van der Waals surface area contributed by atoms with E-state index in [-0.39, 0.29) is 0 Å². The van der Waals surface area contributed by atoms with Gasteiger partial charge in [-0.15, -0.1) is 0 Å². The largest absolute Gasteiger partial charge is 0.0996 e. The van der Waals surface area contributed by atoms with Crippen LogP contribution in [0.2, 0.25) is 0 Å². The molecule has 2 spiro atoms. The van der Waals surface area contributed by atoms with Gasteiger partial charge in [-0.3, -0.25) is 0 Å². The van der Waals surface area contributed by atoms with Crippen LogP contribution in [0.25, 0.3) is 0 Å². The van der Waals surface area contributed by atoms with Gasteiger partial charge < -0.3 is 0 Å². The fraction of sp³-hybridized carbons (Fsp3) is 0.867. The van der Waals surface area contributed by atoms with E-state index >= 15 is 0 Å². The van der Waals surface area contributed by atoms with Crippen LogP contribution >= 0.6 is 0 Å². The van der Waals surface area contributed by atoms with Crippen molar-refractivity contribution in [2.24, 2.45) is 57.2 Å². The predicted octanol–water partition coefficient (Wildman–Crippen LogP) is 8.83. The second kappa shape index (κ2) is 6.51. The minimum Gasteiger partial charge on any atom is -0.0996 e. The molecule has 4 bridgehead atoms. The summed E-state index contributed by atoms with van der Waals surface area (Å²) in [7, 11) is 0. The van der Waals surface area contributed by atoms with Gasteiger partial charge in [0.15, 0.2) is 0 Å². The first-order valence-electron chi connectivity index (χ1n) is 13.3. The fourth-order valence-corrected chi connectivity index (χ4v) is 10.8. The molecule has 4 unspecified atom stereocenters. The molecule has 0 heteroatoms. The first-order chi connectivity index (χ1) is 14.0. The molecule has 0 aromatic heterocycles. The van der Waals surface area contributed by atoms with E-state index in [9.17, 15) is 0 Å². The molecule has 0 aromatic rings. The number of fused-ring (bicyclic) bond motifs is 2. The molecule has 5 saturated carbocycles. The molecular formula is C30H48. The highest BCUT2D eigenvalue weighted by molar-refractivity contribution is 5.25. The zero-order valence-electron chi connectivity index (χ0n) is 21.1. The first kappa shape index (κ1) is 21.3. The van der Waals surface area contributed by atoms with Crippen LogP contribution in [0.1, 0.15) is 106 Å². The number of hydrogen-bond donors (Lipinski definition) is 0. The minimum atomic E-state index is 0.540. The lowest BCUT2D eigenvalue weighted by Gasteiger charge is -2.38. The third kappa shape index (κ3) is 2.52. The quantitative estimate of drug-likeness (QED) is 0.351. The summed E-state index contributed by atoms with van der Waals surface area (Å²) in [5.41, 5.74) is 5.78. The Morgan fingerprint density at radius 2 is 1.33 bits per heavy atom. The second-order valence-corrected chi connectivity index (χ2v) is 14.0. The summed E-state index contributed by atoms with van der Waals surface area (Å²) < 4.78 is 0. The van der Waals surface area contributed by atoms with Gasteiger partial charge in [-0.25, -0.2) is 0 Å². The molecule has 0 N–H and O–H groups in total. The standard InChI is InChI=1S/2C15H24/c2*1-10-7-8-15-9-12(10)14(3,4)13(15)6-5-11(15)2/h7,11-13H,5-6,8-9H2,1-4H3;11-13H,1,5-9H2,2-4H3/t;11-,12+,13-,15-/m.1/s1. The SMILES string of the molecule is C=C1CC[C@]23C[C@@H]1C(C)(C)[C@H]2CC[C@H]3C.CC1=CCC23CC1C(C)(C)C2CCC3C. The van der Waals surface area contributed by atoms with E-state index in [0.717, 1.165) is 40.9 Å². The molecule has 0 radical (unpaired) electrons. The van der Waals surface area contributed by atoms with E-state index in [0.29, 0.717) is 16.2 Å². The Labute approximate surface area is 187 Å². The maximum atomic E-state index is 4.34. The van der Waals surface area contributed by atoms with E-state index in [1.54, 1.807) is 11.1 Å². The monoisotopic (exact) mass is 408 g/mol. The number of hydrogen-bond acceptors (Lipinski definition) is 0. The van der Waals surface area contributed by atoms with Crippen LogP contribution in [-0.2, 0) is 0 Å². The van der Waals surface area contributed by atoms with Crippen molar-refractivity contribution in [1.82, 2.24) is 0 Å². The molecule has 0 heterocycles. The zero-order valence-corrected chi connectivity index (χ0v) is 21.1. The average molecular weight is 409 g/mol. The van der Waals surface area contributed by atoms with E-state index < -0.39 is 0 Å². The number of allylic oxidation sites excluding steroid dienone is 3. The Bertz CT molecular complexity index is 763. The van der Waals surface area contributed by atoms with Gasteiger partial charge in [0.05, 0.1) is 0 Å². The summed E-state index contributed by atoms with van der Waals surface area (Å²) in [5.74, 6) is 5.65. The lowest BCUT2D eigenvalue weighted by atomic mass is 9.67. The Balaban J connectivity index is 0.000000128. The van der Waals surface area contributed by atoms with E-state index in [1.165, 1.54) is 57.8 Å². The normalized spacial score (nSPS) is 51.7. The van der Waals surface area contributed by atoms with Crippen molar-refractivity contribution in [2.45, 2.75) is 106 Å². The molecule has 0 amide bonds. The summed E-state index contributed by atoms with van der Waals surface area (Å²) in [6, 6.07) is 0. The van der Waals surface area contributed by atoms with Gasteiger partial charge in [0.25, 0.3) is 0 Å². The van der Waals surface area contributed by atoms with Crippen LogP contribution in [0.3, 0.4) is 0 Å². The number of rotatable bonds is 0. The van der Waals surface area contributed by atoms with Crippen LogP contribution in [-0.4, -0.2) is 0 Å². The molecule has 0 nitrogen and oxygen atoms in total. The molecule has 0 saturated heterocycles. The molecule has 6 aliphatic carbocycles. The lowest BCUT2D eigenvalue weighted by molar-refractivity contribution is 0.118. The van der Waals surface area contributed by atoms with Crippen molar-refractivity contribution in [3.63, 3.8) is 0 Å². The third-order valence-electron chi connectivity index (χ3n) is 12.6. The van der Waals surface area contributed by atoms with Gasteiger partial charge in [0, 0.05) is 0 Å². The van der Waals surface area contributed by atoms with Gasteiger partial charge in [0.1, 0.15) is 0 Å². The molecule has 0 aromatic carbocycles. The fourth-order valence-electron chi connectivity index (χ4n) is 10.8. The van der Waals surface area contributed by atoms with Crippen molar-refractivity contribution in [1.29, 1.82) is 0 Å². The van der Waals surface area contributed by atoms with Crippen LogP contribution in [0, 0.1) is 57.2 Å². The average Bonchev–Trinajstić information content (AvgIpc) is 3.29. The minimum absolute atomic E-state index is 0.540. The summed E-state index contributed by atoms with van der Waals surface area (Å²) in [5, 5.41) is 0. The topological polar surface area (TPSA) is 0 Å². The predicted molar refractivity (Wildman–Crippen MR) is 129 cm³/mol. The van der Waals surface area contributed by atoms with Crippen molar-refractivity contribution in [3.05, 3.63) is 23.8 Å². The summed E-state index contributed by atoms with van der Waals surface area (Å²) in [4.78, 5) is 0. The van der Waals surface area contributed by atoms with Crippen molar-refractivity contribution in [3.8, 4) is 0 Å². The van der Waals surface area contributed by atoms with Crippen molar-refractivity contribution >= 4 is 0 Å². The Hall–Kier alpha value is -0.520. The zero-order chi connectivity index (χ0) is 21.7. The molecular weight excluding hydrogens is 360 g/mol. The van der Waals surface area contributed by atoms with E-state index in [2.05, 4.69) is 61.1 Å². The molecule has 5 fully saturated rings. The molecule has 0 aliphatic heterocycles. The van der Waals surface area contributed by atoms with Crippen LogP contribution in [0.15, 0.2) is 23.8 Å². The molecule has 30 heavy (non-hydrogen) atoms. The second-order valence-electron chi connectivity index (χ2n) is 14.0. The summed E-state index contributed by atoms with van der Waals surface area (Å²) in [6.45, 7) is 21.8. The first-order valence-corrected chi connectivity index (χ1v) is 13.3. The maximum absolute atomic E-state index is 4.34. The Morgan fingerprint density at radius 1 is 0.800 bits per heavy atom. The summed E-state index contributed by atoms with van der Waals surface area (Å²) >= 11 is 0. The highest BCUT2D eigenvalue weighted by atomic mass is 14.7. The smallest absolute Gasteiger partial charge is 0.0146 e. The molecule has 8 atom stereocenters. The third-order valence-corrected chi connectivity index (χ3v) is 12.6. The van der Waals surface area contributed by atoms with Gasteiger partial charge in [-0.1, -0.05) is 65.3 Å². The van der Waals surface area contributed by atoms with Crippen molar-refractivity contribution < 1.29 is 0 Å². The highest BCUT2D eigenvalue weighted by Crippen LogP contribution is 2.72.